The van der Waals surface area contributed by atoms with Gasteiger partial charge in [-0.1, -0.05) is 6.58 Å². The van der Waals surface area contributed by atoms with Crippen LogP contribution in [0.15, 0.2) is 12.2 Å². The standard InChI is InChI=1S/C8H13NO2/c1-6(8(9)10)5-7-3-2-4-11-7/h7H,1-5H2,(H2,9,10). The lowest BCUT2D eigenvalue weighted by Gasteiger charge is -2.08. The second-order valence-electron chi connectivity index (χ2n) is 2.81. The number of rotatable bonds is 3. The molecule has 0 radical (unpaired) electrons. The molecule has 0 aromatic rings. The molecule has 0 saturated carbocycles. The third-order valence-electron chi connectivity index (χ3n) is 1.85. The highest BCUT2D eigenvalue weighted by Gasteiger charge is 2.17. The van der Waals surface area contributed by atoms with E-state index in [4.69, 9.17) is 10.5 Å². The van der Waals surface area contributed by atoms with E-state index in [0.717, 1.165) is 19.4 Å². The van der Waals surface area contributed by atoms with Crippen LogP contribution in [0.5, 0.6) is 0 Å². The Morgan fingerprint density at radius 3 is 2.91 bits per heavy atom. The number of hydrogen-bond donors (Lipinski definition) is 1. The Morgan fingerprint density at radius 1 is 1.73 bits per heavy atom. The lowest BCUT2D eigenvalue weighted by molar-refractivity contribution is -0.114. The van der Waals surface area contributed by atoms with Gasteiger partial charge in [0.15, 0.2) is 0 Å². The first-order valence-corrected chi connectivity index (χ1v) is 3.79. The van der Waals surface area contributed by atoms with Gasteiger partial charge in [-0.2, -0.15) is 0 Å². The quantitative estimate of drug-likeness (QED) is 0.607. The first kappa shape index (κ1) is 8.27. The largest absolute Gasteiger partial charge is 0.378 e. The van der Waals surface area contributed by atoms with Crippen molar-refractivity contribution in [1.82, 2.24) is 0 Å². The van der Waals surface area contributed by atoms with Crippen LogP contribution in [0.4, 0.5) is 0 Å². The van der Waals surface area contributed by atoms with Gasteiger partial charge in [0.25, 0.3) is 0 Å². The second kappa shape index (κ2) is 3.53. The van der Waals surface area contributed by atoms with E-state index in [-0.39, 0.29) is 6.10 Å². The van der Waals surface area contributed by atoms with E-state index in [2.05, 4.69) is 6.58 Å². The molecule has 62 valence electrons. The van der Waals surface area contributed by atoms with E-state index < -0.39 is 5.91 Å². The summed E-state index contributed by atoms with van der Waals surface area (Å²) < 4.78 is 5.31. The highest BCUT2D eigenvalue weighted by Crippen LogP contribution is 2.18. The number of ether oxygens (including phenoxy) is 1. The lowest BCUT2D eigenvalue weighted by atomic mass is 10.1. The molecule has 1 rings (SSSR count). The summed E-state index contributed by atoms with van der Waals surface area (Å²) in [6.07, 6.45) is 2.87. The minimum atomic E-state index is -0.416. The minimum absolute atomic E-state index is 0.176. The minimum Gasteiger partial charge on any atom is -0.378 e. The molecule has 1 saturated heterocycles. The number of carbonyl (C=O) groups excluding carboxylic acids is 1. The van der Waals surface area contributed by atoms with Gasteiger partial charge in [-0.3, -0.25) is 4.79 Å². The van der Waals surface area contributed by atoms with E-state index >= 15 is 0 Å². The predicted octanol–water partition coefficient (Wildman–Crippen LogP) is 0.597. The molecular formula is C8H13NO2. The average Bonchev–Trinajstić information content (AvgIpc) is 2.39. The molecule has 1 fully saturated rings. The van der Waals surface area contributed by atoms with E-state index in [9.17, 15) is 4.79 Å². The maximum Gasteiger partial charge on any atom is 0.244 e. The van der Waals surface area contributed by atoms with E-state index in [1.807, 2.05) is 0 Å². The average molecular weight is 155 g/mol. The first-order valence-electron chi connectivity index (χ1n) is 3.79. The van der Waals surface area contributed by atoms with Crippen molar-refractivity contribution in [2.45, 2.75) is 25.4 Å². The molecule has 3 nitrogen and oxygen atoms in total. The molecule has 0 aromatic carbocycles. The zero-order valence-corrected chi connectivity index (χ0v) is 6.51. The highest BCUT2D eigenvalue weighted by atomic mass is 16.5. The second-order valence-corrected chi connectivity index (χ2v) is 2.81. The van der Waals surface area contributed by atoms with Crippen LogP contribution in [0, 0.1) is 0 Å². The van der Waals surface area contributed by atoms with Gasteiger partial charge in [-0.05, 0) is 12.8 Å². The molecule has 3 heteroatoms. The van der Waals surface area contributed by atoms with Gasteiger partial charge in [-0.25, -0.2) is 0 Å². The summed E-state index contributed by atoms with van der Waals surface area (Å²) in [5, 5.41) is 0. The molecule has 1 atom stereocenters. The van der Waals surface area contributed by atoms with Crippen LogP contribution < -0.4 is 5.73 Å². The van der Waals surface area contributed by atoms with Gasteiger partial charge in [0, 0.05) is 18.6 Å². The molecule has 1 amide bonds. The fourth-order valence-electron chi connectivity index (χ4n) is 1.18. The van der Waals surface area contributed by atoms with Crippen LogP contribution in [-0.4, -0.2) is 18.6 Å². The zero-order valence-electron chi connectivity index (χ0n) is 6.51. The fourth-order valence-corrected chi connectivity index (χ4v) is 1.18. The van der Waals surface area contributed by atoms with Crippen molar-refractivity contribution in [3.8, 4) is 0 Å². The van der Waals surface area contributed by atoms with Crippen LogP contribution in [0.25, 0.3) is 0 Å². The summed E-state index contributed by atoms with van der Waals surface area (Å²) in [5.41, 5.74) is 5.49. The van der Waals surface area contributed by atoms with Crippen molar-refractivity contribution in [2.24, 2.45) is 5.73 Å². The molecule has 0 aromatic heterocycles. The van der Waals surface area contributed by atoms with Crippen molar-refractivity contribution in [3.63, 3.8) is 0 Å². The Morgan fingerprint density at radius 2 is 2.45 bits per heavy atom. The third kappa shape index (κ3) is 2.35. The van der Waals surface area contributed by atoms with Crippen molar-refractivity contribution < 1.29 is 9.53 Å². The molecular weight excluding hydrogens is 142 g/mol. The summed E-state index contributed by atoms with van der Waals surface area (Å²) in [6, 6.07) is 0. The molecule has 1 unspecified atom stereocenters. The van der Waals surface area contributed by atoms with Gasteiger partial charge in [0.1, 0.15) is 0 Å². The maximum absolute atomic E-state index is 10.6. The van der Waals surface area contributed by atoms with Gasteiger partial charge >= 0.3 is 0 Å². The first-order chi connectivity index (χ1) is 5.20. The van der Waals surface area contributed by atoms with Crippen LogP contribution in [0.2, 0.25) is 0 Å². The van der Waals surface area contributed by atoms with E-state index in [1.165, 1.54) is 0 Å². The summed E-state index contributed by atoms with van der Waals surface area (Å²) in [7, 11) is 0. The van der Waals surface area contributed by atoms with Crippen LogP contribution in [0.1, 0.15) is 19.3 Å². The number of carbonyl (C=O) groups is 1. The monoisotopic (exact) mass is 155 g/mol. The Bertz CT molecular complexity index is 171. The zero-order chi connectivity index (χ0) is 8.27. The van der Waals surface area contributed by atoms with E-state index in [1.54, 1.807) is 0 Å². The number of nitrogens with two attached hydrogens (primary N) is 1. The predicted molar refractivity (Wildman–Crippen MR) is 41.9 cm³/mol. The Kier molecular flexibility index (Phi) is 2.65. The van der Waals surface area contributed by atoms with Crippen LogP contribution in [-0.2, 0) is 9.53 Å². The molecule has 0 spiro atoms. The van der Waals surface area contributed by atoms with Gasteiger partial charge in [-0.15, -0.1) is 0 Å². The van der Waals surface area contributed by atoms with Crippen LogP contribution in [0.3, 0.4) is 0 Å². The van der Waals surface area contributed by atoms with E-state index in [0.29, 0.717) is 12.0 Å². The molecule has 0 aliphatic carbocycles. The van der Waals surface area contributed by atoms with Crippen molar-refractivity contribution >= 4 is 5.91 Å². The third-order valence-corrected chi connectivity index (χ3v) is 1.85. The van der Waals surface area contributed by atoms with Crippen LogP contribution >= 0.6 is 0 Å². The summed E-state index contributed by atoms with van der Waals surface area (Å²) in [6.45, 7) is 4.37. The normalized spacial score (nSPS) is 23.5. The molecule has 2 N–H and O–H groups in total. The Balaban J connectivity index is 2.29. The molecule has 1 aliphatic heterocycles. The van der Waals surface area contributed by atoms with Gasteiger partial charge in [0.2, 0.25) is 5.91 Å². The Hall–Kier alpha value is -0.830. The highest BCUT2D eigenvalue weighted by molar-refractivity contribution is 5.91. The van der Waals surface area contributed by atoms with Crippen molar-refractivity contribution in [1.29, 1.82) is 0 Å². The summed E-state index contributed by atoms with van der Waals surface area (Å²) in [5.74, 6) is -0.416. The molecule has 1 aliphatic rings. The molecule has 11 heavy (non-hydrogen) atoms. The number of primary amides is 1. The van der Waals surface area contributed by atoms with Crippen molar-refractivity contribution in [3.05, 3.63) is 12.2 Å². The summed E-state index contributed by atoms with van der Waals surface area (Å²) in [4.78, 5) is 10.6. The smallest absolute Gasteiger partial charge is 0.244 e. The number of hydrogen-bond acceptors (Lipinski definition) is 2. The summed E-state index contributed by atoms with van der Waals surface area (Å²) >= 11 is 0. The Labute approximate surface area is 66.2 Å². The maximum atomic E-state index is 10.6. The SMILES string of the molecule is C=C(CC1CCCO1)C(N)=O. The number of amides is 1. The van der Waals surface area contributed by atoms with Gasteiger partial charge < -0.3 is 10.5 Å². The molecule has 1 heterocycles. The van der Waals surface area contributed by atoms with Gasteiger partial charge in [0.05, 0.1) is 6.10 Å². The topological polar surface area (TPSA) is 52.3 Å². The fraction of sp³-hybridized carbons (Fsp3) is 0.625. The van der Waals surface area contributed by atoms with Crippen molar-refractivity contribution in [2.75, 3.05) is 6.61 Å². The molecule has 0 bridgehead atoms. The lowest BCUT2D eigenvalue weighted by Crippen LogP contribution is -2.17.